The van der Waals surface area contributed by atoms with E-state index in [-0.39, 0.29) is 11.2 Å². The molecule has 0 spiro atoms. The zero-order valence-corrected chi connectivity index (χ0v) is 16.8. The highest BCUT2D eigenvalue weighted by molar-refractivity contribution is 8.00. The predicted molar refractivity (Wildman–Crippen MR) is 107 cm³/mol. The van der Waals surface area contributed by atoms with Crippen molar-refractivity contribution < 1.29 is 4.79 Å². The molecule has 0 aliphatic heterocycles. The smallest absolute Gasteiger partial charge is 0.233 e. The summed E-state index contributed by atoms with van der Waals surface area (Å²) >= 11 is 7.88. The van der Waals surface area contributed by atoms with E-state index >= 15 is 0 Å². The molecular formula is C19H25ClN4OS. The second kappa shape index (κ2) is 8.91. The Bertz CT molecular complexity index is 758. The number of rotatable bonds is 7. The van der Waals surface area contributed by atoms with Crippen LogP contribution >= 0.6 is 23.4 Å². The number of benzene rings is 1. The highest BCUT2D eigenvalue weighted by Gasteiger charge is 2.27. The standard InChI is InChI=1S/C19H25ClN4OS/c1-3-12-21-18(25)13(2)26-19-23-22-17(15-10-6-7-11-16(15)20)24(19)14-8-4-5-9-14/h6-7,10-11,13-14H,3-5,8-9,12H2,1-2H3,(H,21,25)/t13-/m0/s1. The van der Waals surface area contributed by atoms with Crippen LogP contribution in [0.3, 0.4) is 0 Å². The van der Waals surface area contributed by atoms with Crippen LogP contribution in [-0.4, -0.2) is 32.5 Å². The first-order valence-electron chi connectivity index (χ1n) is 9.26. The summed E-state index contributed by atoms with van der Waals surface area (Å²) in [7, 11) is 0. The van der Waals surface area contributed by atoms with Gasteiger partial charge in [-0.1, -0.05) is 55.3 Å². The highest BCUT2D eigenvalue weighted by atomic mass is 35.5. The molecule has 7 heteroatoms. The number of amides is 1. The number of carbonyl (C=O) groups is 1. The molecular weight excluding hydrogens is 368 g/mol. The van der Waals surface area contributed by atoms with Crippen molar-refractivity contribution in [1.82, 2.24) is 20.1 Å². The van der Waals surface area contributed by atoms with Gasteiger partial charge < -0.3 is 5.32 Å². The zero-order chi connectivity index (χ0) is 18.5. The molecule has 2 aromatic rings. The van der Waals surface area contributed by atoms with E-state index in [4.69, 9.17) is 11.6 Å². The Hall–Kier alpha value is -1.53. The number of halogens is 1. The Kier molecular flexibility index (Phi) is 6.59. The van der Waals surface area contributed by atoms with Crippen molar-refractivity contribution in [3.63, 3.8) is 0 Å². The fraction of sp³-hybridized carbons (Fsp3) is 0.526. The average Bonchev–Trinajstić information content (AvgIpc) is 3.29. The Morgan fingerprint density at radius 3 is 2.77 bits per heavy atom. The monoisotopic (exact) mass is 392 g/mol. The van der Waals surface area contributed by atoms with E-state index in [1.54, 1.807) is 0 Å². The van der Waals surface area contributed by atoms with Crippen LogP contribution in [0.1, 0.15) is 52.0 Å². The topological polar surface area (TPSA) is 59.8 Å². The maximum absolute atomic E-state index is 12.3. The second-order valence-corrected chi connectivity index (χ2v) is 8.36. The first-order chi connectivity index (χ1) is 12.6. The minimum Gasteiger partial charge on any atom is -0.355 e. The van der Waals surface area contributed by atoms with Gasteiger partial charge in [0, 0.05) is 18.2 Å². The Morgan fingerprint density at radius 2 is 2.08 bits per heavy atom. The van der Waals surface area contributed by atoms with Crippen LogP contribution in [0.5, 0.6) is 0 Å². The fourth-order valence-corrected chi connectivity index (χ4v) is 4.44. The molecule has 140 valence electrons. The quantitative estimate of drug-likeness (QED) is 0.692. The summed E-state index contributed by atoms with van der Waals surface area (Å²) in [4.78, 5) is 12.3. The number of thioether (sulfide) groups is 1. The second-order valence-electron chi connectivity index (χ2n) is 6.65. The average molecular weight is 393 g/mol. The molecule has 0 radical (unpaired) electrons. The van der Waals surface area contributed by atoms with Crippen LogP contribution in [0, 0.1) is 0 Å². The molecule has 3 rings (SSSR count). The molecule has 0 unspecified atom stereocenters. The maximum atomic E-state index is 12.3. The van der Waals surface area contributed by atoms with E-state index in [2.05, 4.69) is 20.1 Å². The first kappa shape index (κ1) is 19.2. The van der Waals surface area contributed by atoms with Crippen LogP contribution in [0.15, 0.2) is 29.4 Å². The number of aromatic nitrogens is 3. The van der Waals surface area contributed by atoms with Gasteiger partial charge in [-0.2, -0.15) is 0 Å². The Morgan fingerprint density at radius 1 is 1.35 bits per heavy atom. The van der Waals surface area contributed by atoms with Crippen LogP contribution < -0.4 is 5.32 Å². The van der Waals surface area contributed by atoms with Gasteiger partial charge in [-0.05, 0) is 38.3 Å². The summed E-state index contributed by atoms with van der Waals surface area (Å²) in [6, 6.07) is 8.09. The lowest BCUT2D eigenvalue weighted by molar-refractivity contribution is -0.120. The van der Waals surface area contributed by atoms with Gasteiger partial charge in [0.25, 0.3) is 0 Å². The van der Waals surface area contributed by atoms with Gasteiger partial charge in [0.1, 0.15) is 0 Å². The van der Waals surface area contributed by atoms with E-state index in [1.807, 2.05) is 38.1 Å². The zero-order valence-electron chi connectivity index (χ0n) is 15.2. The molecule has 1 amide bonds. The van der Waals surface area contributed by atoms with Gasteiger partial charge in [0.2, 0.25) is 5.91 Å². The van der Waals surface area contributed by atoms with Gasteiger partial charge in [-0.25, -0.2) is 0 Å². The van der Waals surface area contributed by atoms with E-state index in [1.165, 1.54) is 24.6 Å². The third kappa shape index (κ3) is 4.23. The molecule has 1 aromatic carbocycles. The van der Waals surface area contributed by atoms with E-state index < -0.39 is 0 Å². The van der Waals surface area contributed by atoms with Crippen LogP contribution in [0.2, 0.25) is 5.02 Å². The van der Waals surface area contributed by atoms with Gasteiger partial charge >= 0.3 is 0 Å². The molecule has 1 aliphatic carbocycles. The molecule has 26 heavy (non-hydrogen) atoms. The lowest BCUT2D eigenvalue weighted by Crippen LogP contribution is -2.31. The Balaban J connectivity index is 1.91. The normalized spacial score (nSPS) is 16.0. The third-order valence-corrected chi connectivity index (χ3v) is 6.06. The number of carbonyl (C=O) groups excluding carboxylic acids is 1. The lowest BCUT2D eigenvalue weighted by Gasteiger charge is -2.18. The van der Waals surface area contributed by atoms with Crippen molar-refractivity contribution in [2.75, 3.05) is 6.54 Å². The molecule has 5 nitrogen and oxygen atoms in total. The van der Waals surface area contributed by atoms with Crippen molar-refractivity contribution in [2.24, 2.45) is 0 Å². The Labute approximate surface area is 163 Å². The van der Waals surface area contributed by atoms with E-state index in [0.29, 0.717) is 17.6 Å². The first-order valence-corrected chi connectivity index (χ1v) is 10.5. The van der Waals surface area contributed by atoms with Crippen LogP contribution in [0.4, 0.5) is 0 Å². The summed E-state index contributed by atoms with van der Waals surface area (Å²) in [6.45, 7) is 4.66. The largest absolute Gasteiger partial charge is 0.355 e. The van der Waals surface area contributed by atoms with Crippen molar-refractivity contribution in [3.05, 3.63) is 29.3 Å². The molecule has 1 fully saturated rings. The summed E-state index contributed by atoms with van der Waals surface area (Å²) in [5.41, 5.74) is 0.892. The minimum absolute atomic E-state index is 0.0390. The number of hydrogen-bond donors (Lipinski definition) is 1. The van der Waals surface area contributed by atoms with Crippen molar-refractivity contribution in [3.8, 4) is 11.4 Å². The van der Waals surface area contributed by atoms with Crippen molar-refractivity contribution >= 4 is 29.3 Å². The van der Waals surface area contributed by atoms with Gasteiger partial charge in [-0.3, -0.25) is 9.36 Å². The summed E-state index contributed by atoms with van der Waals surface area (Å²) in [5.74, 6) is 0.836. The number of nitrogens with zero attached hydrogens (tertiary/aromatic N) is 3. The third-order valence-electron chi connectivity index (χ3n) is 4.67. The van der Waals surface area contributed by atoms with Gasteiger partial charge in [-0.15, -0.1) is 10.2 Å². The SMILES string of the molecule is CCCNC(=O)[C@H](C)Sc1nnc(-c2ccccc2Cl)n1C1CCCC1. The molecule has 1 aliphatic rings. The molecule has 0 bridgehead atoms. The van der Waals surface area contributed by atoms with Crippen molar-refractivity contribution in [2.45, 2.75) is 62.4 Å². The van der Waals surface area contributed by atoms with Gasteiger partial charge in [0.05, 0.1) is 10.3 Å². The van der Waals surface area contributed by atoms with Crippen LogP contribution in [-0.2, 0) is 4.79 Å². The molecule has 1 aromatic heterocycles. The molecule has 1 saturated carbocycles. The highest BCUT2D eigenvalue weighted by Crippen LogP contribution is 2.38. The van der Waals surface area contributed by atoms with Crippen molar-refractivity contribution in [1.29, 1.82) is 0 Å². The maximum Gasteiger partial charge on any atom is 0.233 e. The molecule has 1 atom stereocenters. The van der Waals surface area contributed by atoms with E-state index in [9.17, 15) is 4.79 Å². The fourth-order valence-electron chi connectivity index (χ4n) is 3.28. The molecule has 1 N–H and O–H groups in total. The predicted octanol–water partition coefficient (Wildman–Crippen LogP) is 4.72. The summed E-state index contributed by atoms with van der Waals surface area (Å²) < 4.78 is 2.20. The minimum atomic E-state index is -0.218. The molecule has 1 heterocycles. The summed E-state index contributed by atoms with van der Waals surface area (Å²) in [5, 5.41) is 13.1. The number of hydrogen-bond acceptors (Lipinski definition) is 4. The number of nitrogens with one attached hydrogen (secondary N) is 1. The lowest BCUT2D eigenvalue weighted by atomic mass is 10.2. The van der Waals surface area contributed by atoms with Crippen LogP contribution in [0.25, 0.3) is 11.4 Å². The van der Waals surface area contributed by atoms with Gasteiger partial charge in [0.15, 0.2) is 11.0 Å². The summed E-state index contributed by atoms with van der Waals surface area (Å²) in [6.07, 6.45) is 5.57. The molecule has 0 saturated heterocycles. The van der Waals surface area contributed by atoms with E-state index in [0.717, 1.165) is 35.8 Å².